The molecule has 0 unspecified atom stereocenters. The van der Waals surface area contributed by atoms with Gasteiger partial charge in [0, 0.05) is 13.3 Å². The van der Waals surface area contributed by atoms with Crippen LogP contribution >= 0.6 is 0 Å². The number of unbranched alkanes of at least 4 members (excludes halogenated alkanes) is 17. The van der Waals surface area contributed by atoms with Crippen LogP contribution in [0.1, 0.15) is 167 Å². The van der Waals surface area contributed by atoms with Gasteiger partial charge in [-0.3, -0.25) is 9.59 Å². The second-order valence-electron chi connectivity index (χ2n) is 10.6. The molecule has 0 bridgehead atoms. The van der Waals surface area contributed by atoms with Gasteiger partial charge in [-0.15, -0.1) is 0 Å². The smallest absolute Gasteiger partial charge is 0.310 e. The molecule has 0 aromatic rings. The van der Waals surface area contributed by atoms with Gasteiger partial charge in [-0.1, -0.05) is 154 Å². The Morgan fingerprint density at radius 1 is 0.686 bits per heavy atom. The number of esters is 1. The zero-order chi connectivity index (χ0) is 25.8. The first-order valence-electron chi connectivity index (χ1n) is 15.1. The Labute approximate surface area is 217 Å². The Hall–Kier alpha value is -1.32. The van der Waals surface area contributed by atoms with E-state index in [0.29, 0.717) is 6.42 Å². The third kappa shape index (κ3) is 28.8. The maximum atomic E-state index is 11.2. The third-order valence-corrected chi connectivity index (χ3v) is 7.18. The van der Waals surface area contributed by atoms with E-state index in [1.54, 1.807) is 0 Å². The van der Waals surface area contributed by atoms with Gasteiger partial charge in [0.1, 0.15) is 0 Å². The SMILES string of the molecule is C=COC(=O)CCCCCCCCCCCCCCCCCCCCC1CCCCC1.CC(=O)O. The number of rotatable bonds is 22. The highest BCUT2D eigenvalue weighted by Gasteiger charge is 2.12. The maximum Gasteiger partial charge on any atom is 0.310 e. The fraction of sp³-hybridized carbons (Fsp3) is 0.871. The average molecular weight is 495 g/mol. The summed E-state index contributed by atoms with van der Waals surface area (Å²) in [6.07, 6.45) is 35.8. The van der Waals surface area contributed by atoms with Crippen LogP contribution in [0, 0.1) is 5.92 Å². The number of hydrogen-bond donors (Lipinski definition) is 1. The summed E-state index contributed by atoms with van der Waals surface area (Å²) in [6.45, 7) is 4.49. The first-order valence-corrected chi connectivity index (χ1v) is 15.1. The normalized spacial score (nSPS) is 13.6. The highest BCUT2D eigenvalue weighted by Crippen LogP contribution is 2.28. The minimum Gasteiger partial charge on any atom is -0.481 e. The molecule has 0 saturated heterocycles. The molecule has 206 valence electrons. The van der Waals surface area contributed by atoms with Gasteiger partial charge in [-0.05, 0) is 12.3 Å². The summed E-state index contributed by atoms with van der Waals surface area (Å²) in [4.78, 5) is 20.2. The molecule has 35 heavy (non-hydrogen) atoms. The Morgan fingerprint density at radius 2 is 1.03 bits per heavy atom. The lowest BCUT2D eigenvalue weighted by Gasteiger charge is -2.21. The summed E-state index contributed by atoms with van der Waals surface area (Å²) < 4.78 is 4.72. The van der Waals surface area contributed by atoms with Crippen LogP contribution in [0.2, 0.25) is 0 Å². The van der Waals surface area contributed by atoms with Gasteiger partial charge in [0.05, 0.1) is 6.26 Å². The lowest BCUT2D eigenvalue weighted by molar-refractivity contribution is -0.138. The lowest BCUT2D eigenvalue weighted by atomic mass is 9.85. The third-order valence-electron chi connectivity index (χ3n) is 7.18. The molecule has 1 N–H and O–H groups in total. The van der Waals surface area contributed by atoms with Gasteiger partial charge < -0.3 is 9.84 Å². The van der Waals surface area contributed by atoms with Crippen molar-refractivity contribution >= 4 is 11.9 Å². The number of aliphatic carboxylic acids is 1. The molecule has 0 atom stereocenters. The average Bonchev–Trinajstić information content (AvgIpc) is 2.83. The highest BCUT2D eigenvalue weighted by molar-refractivity contribution is 5.69. The van der Waals surface area contributed by atoms with Crippen LogP contribution in [0.5, 0.6) is 0 Å². The predicted octanol–water partition coefficient (Wildman–Crippen LogP) is 10.1. The summed E-state index contributed by atoms with van der Waals surface area (Å²) >= 11 is 0. The van der Waals surface area contributed by atoms with Gasteiger partial charge in [0.15, 0.2) is 0 Å². The van der Waals surface area contributed by atoms with E-state index in [9.17, 15) is 4.79 Å². The van der Waals surface area contributed by atoms with Crippen LogP contribution in [0.25, 0.3) is 0 Å². The molecule has 1 fully saturated rings. The minimum atomic E-state index is -0.833. The fourth-order valence-corrected chi connectivity index (χ4v) is 5.16. The predicted molar refractivity (Wildman–Crippen MR) is 149 cm³/mol. The zero-order valence-electron chi connectivity index (χ0n) is 23.2. The number of ether oxygens (including phenoxy) is 1. The number of carbonyl (C=O) groups excluding carboxylic acids is 1. The van der Waals surface area contributed by atoms with Crippen LogP contribution in [-0.4, -0.2) is 17.0 Å². The molecule has 0 amide bonds. The van der Waals surface area contributed by atoms with Crippen molar-refractivity contribution in [2.45, 2.75) is 167 Å². The number of carbonyl (C=O) groups is 2. The highest BCUT2D eigenvalue weighted by atomic mass is 16.5. The van der Waals surface area contributed by atoms with Gasteiger partial charge in [-0.2, -0.15) is 0 Å². The monoisotopic (exact) mass is 494 g/mol. The van der Waals surface area contributed by atoms with E-state index in [4.69, 9.17) is 14.6 Å². The number of carboxylic acid groups (broad SMARTS) is 1. The van der Waals surface area contributed by atoms with Crippen LogP contribution in [-0.2, 0) is 14.3 Å². The lowest BCUT2D eigenvalue weighted by Crippen LogP contribution is -2.05. The summed E-state index contributed by atoms with van der Waals surface area (Å²) in [7, 11) is 0. The van der Waals surface area contributed by atoms with Gasteiger partial charge in [-0.25, -0.2) is 0 Å². The van der Waals surface area contributed by atoms with Crippen molar-refractivity contribution < 1.29 is 19.4 Å². The van der Waals surface area contributed by atoms with Crippen molar-refractivity contribution in [3.05, 3.63) is 12.8 Å². The molecular weight excluding hydrogens is 436 g/mol. The topological polar surface area (TPSA) is 63.6 Å². The van der Waals surface area contributed by atoms with E-state index >= 15 is 0 Å². The van der Waals surface area contributed by atoms with Crippen molar-refractivity contribution in [1.82, 2.24) is 0 Å². The zero-order valence-corrected chi connectivity index (χ0v) is 23.2. The molecule has 0 radical (unpaired) electrons. The van der Waals surface area contributed by atoms with Crippen LogP contribution in [0.15, 0.2) is 12.8 Å². The van der Waals surface area contributed by atoms with Crippen LogP contribution in [0.4, 0.5) is 0 Å². The quantitative estimate of drug-likeness (QED) is 0.0923. The summed E-state index contributed by atoms with van der Waals surface area (Å²) in [5, 5.41) is 7.42. The van der Waals surface area contributed by atoms with Crippen LogP contribution < -0.4 is 0 Å². The standard InChI is InChI=1S/C29H54O2.C2H4O2/c1-2-31-29(30)27-23-18-16-14-12-10-8-6-4-3-5-7-9-11-13-15-17-20-24-28-25-21-19-22-26-28;1-2(3)4/h2,28H,1,3-27H2;1H3,(H,3,4). The summed E-state index contributed by atoms with van der Waals surface area (Å²) in [6, 6.07) is 0. The molecule has 4 nitrogen and oxygen atoms in total. The van der Waals surface area contributed by atoms with E-state index in [1.165, 1.54) is 148 Å². The van der Waals surface area contributed by atoms with Crippen molar-refractivity contribution in [3.8, 4) is 0 Å². The van der Waals surface area contributed by atoms with Crippen molar-refractivity contribution in [1.29, 1.82) is 0 Å². The summed E-state index contributed by atoms with van der Waals surface area (Å²) in [5.41, 5.74) is 0. The number of carboxylic acids is 1. The first-order chi connectivity index (χ1) is 17.1. The Balaban J connectivity index is 0.00000267. The molecule has 0 spiro atoms. The molecule has 1 saturated carbocycles. The minimum absolute atomic E-state index is 0.143. The molecule has 4 heteroatoms. The molecular formula is C31H58O4. The van der Waals surface area contributed by atoms with Crippen LogP contribution in [0.3, 0.4) is 0 Å². The molecule has 1 rings (SSSR count). The van der Waals surface area contributed by atoms with Crippen molar-refractivity contribution in [2.24, 2.45) is 5.92 Å². The van der Waals surface area contributed by atoms with E-state index in [0.717, 1.165) is 25.7 Å². The molecule has 0 aromatic carbocycles. The molecule has 1 aliphatic carbocycles. The second-order valence-corrected chi connectivity index (χ2v) is 10.6. The first kappa shape index (κ1) is 33.7. The fourth-order valence-electron chi connectivity index (χ4n) is 5.16. The van der Waals surface area contributed by atoms with Crippen molar-refractivity contribution in [3.63, 3.8) is 0 Å². The van der Waals surface area contributed by atoms with E-state index < -0.39 is 5.97 Å². The van der Waals surface area contributed by atoms with Gasteiger partial charge in [0.25, 0.3) is 5.97 Å². The maximum absolute atomic E-state index is 11.2. The molecule has 1 aliphatic rings. The second kappa shape index (κ2) is 27.3. The van der Waals surface area contributed by atoms with Gasteiger partial charge >= 0.3 is 5.97 Å². The summed E-state index contributed by atoms with van der Waals surface area (Å²) in [5.74, 6) is 0.107. The van der Waals surface area contributed by atoms with E-state index in [1.807, 2.05) is 0 Å². The Bertz CT molecular complexity index is 478. The van der Waals surface area contributed by atoms with Gasteiger partial charge in [0.2, 0.25) is 0 Å². The van der Waals surface area contributed by atoms with E-state index in [-0.39, 0.29) is 5.97 Å². The molecule has 0 heterocycles. The molecule has 0 aliphatic heterocycles. The molecule has 0 aromatic heterocycles. The number of hydrogen-bond acceptors (Lipinski definition) is 3. The Kier molecular flexibility index (Phi) is 26.2. The Morgan fingerprint density at radius 3 is 1.40 bits per heavy atom. The van der Waals surface area contributed by atoms with Crippen molar-refractivity contribution in [2.75, 3.05) is 0 Å². The van der Waals surface area contributed by atoms with E-state index in [2.05, 4.69) is 6.58 Å². The largest absolute Gasteiger partial charge is 0.481 e.